The van der Waals surface area contributed by atoms with Gasteiger partial charge in [-0.1, -0.05) is 0 Å². The minimum atomic E-state index is 0.306. The Balaban J connectivity index is 2.39. The maximum Gasteiger partial charge on any atom is 0.120 e. The van der Waals surface area contributed by atoms with Crippen molar-refractivity contribution < 1.29 is 9.84 Å². The van der Waals surface area contributed by atoms with Crippen LogP contribution >= 0.6 is 0 Å². The number of methoxy groups -OCH3 is 1. The van der Waals surface area contributed by atoms with Crippen LogP contribution in [0, 0.1) is 0 Å². The molecule has 102 valence electrons. The van der Waals surface area contributed by atoms with E-state index in [-0.39, 0.29) is 0 Å². The van der Waals surface area contributed by atoms with Crippen molar-refractivity contribution in [2.24, 2.45) is 0 Å². The van der Waals surface area contributed by atoms with Gasteiger partial charge in [0.05, 0.1) is 7.11 Å². The lowest BCUT2D eigenvalue weighted by molar-refractivity contribution is 0.273. The maximum absolute atomic E-state index is 9.72. The Morgan fingerprint density at radius 1 is 1.39 bits per heavy atom. The van der Waals surface area contributed by atoms with Gasteiger partial charge in [0.25, 0.3) is 0 Å². The summed E-state index contributed by atoms with van der Waals surface area (Å²) in [4.78, 5) is 2.28. The van der Waals surface area contributed by atoms with E-state index in [1.165, 1.54) is 0 Å². The van der Waals surface area contributed by atoms with Gasteiger partial charge in [-0.3, -0.25) is 0 Å². The van der Waals surface area contributed by atoms with E-state index in [2.05, 4.69) is 31.1 Å². The van der Waals surface area contributed by atoms with Crippen molar-refractivity contribution in [3.8, 4) is 11.5 Å². The number of rotatable bonds is 7. The molecule has 0 heterocycles. The highest BCUT2D eigenvalue weighted by Crippen LogP contribution is 2.22. The first-order valence-electron chi connectivity index (χ1n) is 6.31. The topological polar surface area (TPSA) is 44.7 Å². The molecule has 0 fully saturated rings. The molecule has 0 bridgehead atoms. The molecule has 0 saturated carbocycles. The zero-order valence-corrected chi connectivity index (χ0v) is 11.7. The number of hydrogen-bond donors (Lipinski definition) is 2. The molecule has 0 radical (unpaired) electrons. The number of aromatic hydroxyl groups is 1. The van der Waals surface area contributed by atoms with Crippen LogP contribution in [0.2, 0.25) is 0 Å². The monoisotopic (exact) mass is 252 g/mol. The lowest BCUT2D eigenvalue weighted by Gasteiger charge is -2.21. The van der Waals surface area contributed by atoms with Crippen LogP contribution < -0.4 is 10.1 Å². The summed E-state index contributed by atoms with van der Waals surface area (Å²) in [6.45, 7) is 6.88. The minimum absolute atomic E-state index is 0.306. The van der Waals surface area contributed by atoms with Gasteiger partial charge in [0, 0.05) is 31.2 Å². The summed E-state index contributed by atoms with van der Waals surface area (Å²) in [6, 6.07) is 5.83. The summed E-state index contributed by atoms with van der Waals surface area (Å²) in [5, 5.41) is 13.0. The Morgan fingerprint density at radius 3 is 2.72 bits per heavy atom. The van der Waals surface area contributed by atoms with Gasteiger partial charge >= 0.3 is 0 Å². The highest BCUT2D eigenvalue weighted by atomic mass is 16.5. The maximum atomic E-state index is 9.72. The number of nitrogens with zero attached hydrogens (tertiary/aromatic N) is 1. The molecule has 0 aliphatic rings. The number of benzene rings is 1. The average molecular weight is 252 g/mol. The van der Waals surface area contributed by atoms with Crippen molar-refractivity contribution >= 4 is 0 Å². The van der Waals surface area contributed by atoms with Gasteiger partial charge in [-0.05, 0) is 39.1 Å². The first kappa shape index (κ1) is 14.8. The van der Waals surface area contributed by atoms with Crippen LogP contribution in [0.4, 0.5) is 0 Å². The van der Waals surface area contributed by atoms with E-state index in [0.717, 1.165) is 24.4 Å². The Morgan fingerprint density at radius 2 is 2.11 bits per heavy atom. The molecule has 0 spiro atoms. The summed E-state index contributed by atoms with van der Waals surface area (Å²) >= 11 is 0. The molecule has 4 heteroatoms. The summed E-state index contributed by atoms with van der Waals surface area (Å²) in [7, 11) is 3.73. The largest absolute Gasteiger partial charge is 0.508 e. The second-order valence-corrected chi connectivity index (χ2v) is 4.75. The standard InChI is InChI=1S/C14H24N2O2/c1-11(2)16(3)8-7-15-10-12-9-13(18-4)5-6-14(12)17/h5-6,9,11,15,17H,7-8,10H2,1-4H3. The summed E-state index contributed by atoms with van der Waals surface area (Å²) in [5.41, 5.74) is 0.863. The van der Waals surface area contributed by atoms with Crippen LogP contribution in [-0.4, -0.2) is 43.3 Å². The Bertz CT molecular complexity index is 367. The Kier molecular flexibility index (Phi) is 5.95. The van der Waals surface area contributed by atoms with Gasteiger partial charge in [-0.2, -0.15) is 0 Å². The van der Waals surface area contributed by atoms with Gasteiger partial charge in [0.15, 0.2) is 0 Å². The molecule has 0 aliphatic carbocycles. The second kappa shape index (κ2) is 7.24. The van der Waals surface area contributed by atoms with E-state index in [9.17, 15) is 5.11 Å². The number of ether oxygens (including phenoxy) is 1. The number of nitrogens with one attached hydrogen (secondary N) is 1. The Labute approximate surface area is 110 Å². The fourth-order valence-corrected chi connectivity index (χ4v) is 1.57. The van der Waals surface area contributed by atoms with Gasteiger partial charge < -0.3 is 20.1 Å². The van der Waals surface area contributed by atoms with Gasteiger partial charge in [0.1, 0.15) is 11.5 Å². The molecular formula is C14H24N2O2. The van der Waals surface area contributed by atoms with Crippen molar-refractivity contribution in [1.29, 1.82) is 0 Å². The van der Waals surface area contributed by atoms with Gasteiger partial charge in [-0.15, -0.1) is 0 Å². The second-order valence-electron chi connectivity index (χ2n) is 4.75. The third-order valence-electron chi connectivity index (χ3n) is 3.12. The molecule has 1 aromatic carbocycles. The van der Waals surface area contributed by atoms with E-state index in [1.54, 1.807) is 19.2 Å². The highest BCUT2D eigenvalue weighted by Gasteiger charge is 2.04. The average Bonchev–Trinajstić information content (AvgIpc) is 2.36. The van der Waals surface area contributed by atoms with E-state index in [1.807, 2.05) is 6.07 Å². The molecule has 0 aliphatic heterocycles. The van der Waals surface area contributed by atoms with Crippen LogP contribution in [0.25, 0.3) is 0 Å². The number of phenols is 1. The predicted molar refractivity (Wildman–Crippen MR) is 74.1 cm³/mol. The fraction of sp³-hybridized carbons (Fsp3) is 0.571. The van der Waals surface area contributed by atoms with Crippen LogP contribution in [0.1, 0.15) is 19.4 Å². The molecule has 0 aromatic heterocycles. The molecule has 1 rings (SSSR count). The molecule has 2 N–H and O–H groups in total. The van der Waals surface area contributed by atoms with E-state index >= 15 is 0 Å². The van der Waals surface area contributed by atoms with Crippen LogP contribution in [-0.2, 0) is 6.54 Å². The van der Waals surface area contributed by atoms with Crippen LogP contribution in [0.5, 0.6) is 11.5 Å². The summed E-state index contributed by atoms with van der Waals surface area (Å²) in [6.07, 6.45) is 0. The first-order valence-corrected chi connectivity index (χ1v) is 6.31. The molecule has 4 nitrogen and oxygen atoms in total. The van der Waals surface area contributed by atoms with Crippen molar-refractivity contribution in [3.05, 3.63) is 23.8 Å². The molecule has 1 aromatic rings. The normalized spacial score (nSPS) is 11.2. The van der Waals surface area contributed by atoms with Crippen molar-refractivity contribution in [1.82, 2.24) is 10.2 Å². The number of likely N-dealkylation sites (N-methyl/N-ethyl adjacent to an activating group) is 1. The van der Waals surface area contributed by atoms with Crippen LogP contribution in [0.15, 0.2) is 18.2 Å². The van der Waals surface area contributed by atoms with Crippen molar-refractivity contribution in [3.63, 3.8) is 0 Å². The molecule has 18 heavy (non-hydrogen) atoms. The predicted octanol–water partition coefficient (Wildman–Crippen LogP) is 1.83. The van der Waals surface area contributed by atoms with E-state index in [0.29, 0.717) is 18.3 Å². The van der Waals surface area contributed by atoms with Crippen LogP contribution in [0.3, 0.4) is 0 Å². The molecule has 0 atom stereocenters. The first-order chi connectivity index (χ1) is 8.54. The number of phenolic OH excluding ortho intramolecular Hbond substituents is 1. The molecule has 0 unspecified atom stereocenters. The van der Waals surface area contributed by atoms with Gasteiger partial charge in [0.2, 0.25) is 0 Å². The lowest BCUT2D eigenvalue weighted by Crippen LogP contribution is -2.33. The zero-order valence-electron chi connectivity index (χ0n) is 11.7. The third kappa shape index (κ3) is 4.55. The molecule has 0 saturated heterocycles. The minimum Gasteiger partial charge on any atom is -0.508 e. The van der Waals surface area contributed by atoms with Crippen molar-refractivity contribution in [2.45, 2.75) is 26.4 Å². The molecule has 0 amide bonds. The smallest absolute Gasteiger partial charge is 0.120 e. The lowest BCUT2D eigenvalue weighted by atomic mass is 10.2. The zero-order chi connectivity index (χ0) is 13.5. The number of hydrogen-bond acceptors (Lipinski definition) is 4. The summed E-state index contributed by atoms with van der Waals surface area (Å²) in [5.74, 6) is 1.07. The summed E-state index contributed by atoms with van der Waals surface area (Å²) < 4.78 is 5.14. The van der Waals surface area contributed by atoms with E-state index in [4.69, 9.17) is 4.74 Å². The third-order valence-corrected chi connectivity index (χ3v) is 3.12. The quantitative estimate of drug-likeness (QED) is 0.727. The van der Waals surface area contributed by atoms with E-state index < -0.39 is 0 Å². The highest BCUT2D eigenvalue weighted by molar-refractivity contribution is 5.39. The van der Waals surface area contributed by atoms with Gasteiger partial charge in [-0.25, -0.2) is 0 Å². The Hall–Kier alpha value is -1.26. The van der Waals surface area contributed by atoms with Crippen molar-refractivity contribution in [2.75, 3.05) is 27.2 Å². The molecular weight excluding hydrogens is 228 g/mol. The fourth-order valence-electron chi connectivity index (χ4n) is 1.57. The SMILES string of the molecule is COc1ccc(O)c(CNCCN(C)C(C)C)c1.